The van der Waals surface area contributed by atoms with E-state index in [4.69, 9.17) is 4.74 Å². The van der Waals surface area contributed by atoms with Gasteiger partial charge in [-0.05, 0) is 36.6 Å². The average Bonchev–Trinajstić information content (AvgIpc) is 3.26. The Bertz CT molecular complexity index is 697. The van der Waals surface area contributed by atoms with Crippen LogP contribution in [0.5, 0.6) is 0 Å². The highest BCUT2D eigenvalue weighted by Gasteiger charge is 2.21. The molecule has 126 valence electrons. The number of ether oxygens (including phenoxy) is 1. The van der Waals surface area contributed by atoms with E-state index >= 15 is 0 Å². The van der Waals surface area contributed by atoms with Crippen LogP contribution in [0.4, 0.5) is 4.39 Å². The molecule has 2 aromatic rings. The molecule has 0 unspecified atom stereocenters. The number of benzene rings is 1. The molecule has 0 spiro atoms. The van der Waals surface area contributed by atoms with E-state index in [1.54, 1.807) is 23.2 Å². The van der Waals surface area contributed by atoms with Crippen molar-refractivity contribution >= 4 is 23.3 Å². The molecule has 0 saturated carbocycles. The Morgan fingerprint density at radius 1 is 1.50 bits per heavy atom. The maximum Gasteiger partial charge on any atom is 0.247 e. The van der Waals surface area contributed by atoms with E-state index in [1.807, 2.05) is 11.4 Å². The second-order valence-electron chi connectivity index (χ2n) is 5.69. The molecule has 3 rings (SSSR count). The average molecular weight is 346 g/mol. The molecule has 1 aromatic carbocycles. The molecule has 2 heterocycles. The summed E-state index contributed by atoms with van der Waals surface area (Å²) in [6.07, 6.45) is 6.95. The van der Waals surface area contributed by atoms with E-state index in [9.17, 15) is 9.18 Å². The van der Waals surface area contributed by atoms with E-state index < -0.39 is 0 Å². The first kappa shape index (κ1) is 16.8. The Morgan fingerprint density at radius 2 is 2.42 bits per heavy atom. The van der Waals surface area contributed by atoms with Gasteiger partial charge in [0.15, 0.2) is 0 Å². The monoisotopic (exact) mass is 346 g/mol. The van der Waals surface area contributed by atoms with Gasteiger partial charge < -0.3 is 9.64 Å². The number of carbonyl (C=O) groups is 1. The van der Waals surface area contributed by atoms with Gasteiger partial charge >= 0.3 is 0 Å². The predicted octanol–water partition coefficient (Wildman–Crippen LogP) is 3.50. The highest BCUT2D eigenvalue weighted by atomic mass is 32.1. The molecule has 1 atom stereocenters. The largest absolute Gasteiger partial charge is 0.376 e. The SMILES string of the molecule is O=C(/C=C\c1nccs1)N(Cc1cccc(F)c1)C[C@H]1CCCO1. The summed E-state index contributed by atoms with van der Waals surface area (Å²) in [5.74, 6) is -0.416. The van der Waals surface area contributed by atoms with Gasteiger partial charge in [-0.3, -0.25) is 4.79 Å². The van der Waals surface area contributed by atoms with Gasteiger partial charge in [0.05, 0.1) is 6.10 Å². The fourth-order valence-electron chi connectivity index (χ4n) is 2.69. The Hall–Kier alpha value is -2.05. The lowest BCUT2D eigenvalue weighted by molar-refractivity contribution is -0.128. The van der Waals surface area contributed by atoms with Crippen molar-refractivity contribution in [1.29, 1.82) is 0 Å². The van der Waals surface area contributed by atoms with Crippen LogP contribution in [0.3, 0.4) is 0 Å². The van der Waals surface area contributed by atoms with Crippen LogP contribution in [-0.2, 0) is 16.1 Å². The number of hydrogen-bond acceptors (Lipinski definition) is 4. The van der Waals surface area contributed by atoms with E-state index in [0.717, 1.165) is 30.0 Å². The van der Waals surface area contributed by atoms with Gasteiger partial charge in [0.2, 0.25) is 5.91 Å². The van der Waals surface area contributed by atoms with Gasteiger partial charge in [-0.1, -0.05) is 12.1 Å². The van der Waals surface area contributed by atoms with Crippen LogP contribution in [-0.4, -0.2) is 35.0 Å². The van der Waals surface area contributed by atoms with Crippen LogP contribution in [0.15, 0.2) is 41.9 Å². The van der Waals surface area contributed by atoms with E-state index in [0.29, 0.717) is 13.1 Å². The zero-order chi connectivity index (χ0) is 16.8. The molecular formula is C18H19FN2O2S. The molecule has 6 heteroatoms. The molecule has 0 N–H and O–H groups in total. The molecule has 24 heavy (non-hydrogen) atoms. The number of thiazole rings is 1. The van der Waals surface area contributed by atoms with Crippen LogP contribution in [0.1, 0.15) is 23.4 Å². The number of rotatable bonds is 6. The van der Waals surface area contributed by atoms with Crippen LogP contribution >= 0.6 is 11.3 Å². The van der Waals surface area contributed by atoms with Gasteiger partial charge in [0.1, 0.15) is 10.8 Å². The fourth-order valence-corrected chi connectivity index (χ4v) is 3.22. The first-order valence-corrected chi connectivity index (χ1v) is 8.81. The third-order valence-electron chi connectivity index (χ3n) is 3.84. The van der Waals surface area contributed by atoms with E-state index in [-0.39, 0.29) is 17.8 Å². The summed E-state index contributed by atoms with van der Waals surface area (Å²) in [6, 6.07) is 6.34. The lowest BCUT2D eigenvalue weighted by Crippen LogP contribution is -2.35. The molecule has 4 nitrogen and oxygen atoms in total. The highest BCUT2D eigenvalue weighted by molar-refractivity contribution is 7.10. The topological polar surface area (TPSA) is 42.4 Å². The number of halogens is 1. The third kappa shape index (κ3) is 4.72. The quantitative estimate of drug-likeness (QED) is 0.752. The minimum absolute atomic E-state index is 0.0516. The lowest BCUT2D eigenvalue weighted by atomic mass is 10.1. The predicted molar refractivity (Wildman–Crippen MR) is 91.9 cm³/mol. The van der Waals surface area contributed by atoms with Gasteiger partial charge in [0.25, 0.3) is 0 Å². The molecule has 1 amide bonds. The second-order valence-corrected chi connectivity index (χ2v) is 6.61. The minimum atomic E-state index is -0.296. The summed E-state index contributed by atoms with van der Waals surface area (Å²) in [5, 5.41) is 2.65. The highest BCUT2D eigenvalue weighted by Crippen LogP contribution is 2.16. The lowest BCUT2D eigenvalue weighted by Gasteiger charge is -2.24. The summed E-state index contributed by atoms with van der Waals surface area (Å²) in [4.78, 5) is 18.4. The summed E-state index contributed by atoms with van der Waals surface area (Å²) >= 11 is 1.47. The summed E-state index contributed by atoms with van der Waals surface area (Å²) in [6.45, 7) is 1.61. The second kappa shape index (κ2) is 8.17. The van der Waals surface area contributed by atoms with Crippen molar-refractivity contribution in [3.05, 3.63) is 58.3 Å². The molecule has 1 aliphatic rings. The molecule has 0 radical (unpaired) electrons. The standard InChI is InChI=1S/C18H19FN2O2S/c19-15-4-1-3-14(11-15)12-21(13-16-5-2-9-23-16)18(22)7-6-17-20-8-10-24-17/h1,3-4,6-8,10-11,16H,2,5,9,12-13H2/b7-6-/t16-/m1/s1. The van der Waals surface area contributed by atoms with Crippen LogP contribution in [0.25, 0.3) is 6.08 Å². The smallest absolute Gasteiger partial charge is 0.247 e. The minimum Gasteiger partial charge on any atom is -0.376 e. The molecule has 0 bridgehead atoms. The summed E-state index contributed by atoms with van der Waals surface area (Å²) < 4.78 is 19.1. The summed E-state index contributed by atoms with van der Waals surface area (Å²) in [5.41, 5.74) is 0.768. The van der Waals surface area contributed by atoms with Crippen molar-refractivity contribution in [3.63, 3.8) is 0 Å². The van der Waals surface area contributed by atoms with Crippen molar-refractivity contribution in [2.24, 2.45) is 0 Å². The number of amides is 1. The van der Waals surface area contributed by atoms with Crippen LogP contribution in [0, 0.1) is 5.82 Å². The normalized spacial score (nSPS) is 17.5. The third-order valence-corrected chi connectivity index (χ3v) is 4.58. The van der Waals surface area contributed by atoms with Gasteiger partial charge in [-0.2, -0.15) is 0 Å². The zero-order valence-electron chi connectivity index (χ0n) is 13.2. The number of hydrogen-bond donors (Lipinski definition) is 0. The maximum absolute atomic E-state index is 13.4. The first-order chi connectivity index (χ1) is 11.7. The van der Waals surface area contributed by atoms with E-state index in [2.05, 4.69) is 4.98 Å². The molecular weight excluding hydrogens is 327 g/mol. The molecule has 0 aliphatic carbocycles. The Morgan fingerprint density at radius 3 is 3.12 bits per heavy atom. The Kier molecular flexibility index (Phi) is 5.72. The molecule has 1 fully saturated rings. The molecule has 1 aromatic heterocycles. The van der Waals surface area contributed by atoms with E-state index in [1.165, 1.54) is 29.5 Å². The van der Waals surface area contributed by atoms with Crippen molar-refractivity contribution < 1.29 is 13.9 Å². The molecule has 1 aliphatic heterocycles. The number of nitrogens with zero attached hydrogens (tertiary/aromatic N) is 2. The fraction of sp³-hybridized carbons (Fsp3) is 0.333. The number of aromatic nitrogens is 1. The first-order valence-electron chi connectivity index (χ1n) is 7.93. The maximum atomic E-state index is 13.4. The van der Waals surface area contributed by atoms with Gasteiger partial charge in [0, 0.05) is 37.3 Å². The van der Waals surface area contributed by atoms with Crippen LogP contribution in [0.2, 0.25) is 0 Å². The van der Waals surface area contributed by atoms with Crippen molar-refractivity contribution in [3.8, 4) is 0 Å². The van der Waals surface area contributed by atoms with Crippen molar-refractivity contribution in [1.82, 2.24) is 9.88 Å². The Balaban J connectivity index is 1.71. The van der Waals surface area contributed by atoms with Crippen molar-refractivity contribution in [2.45, 2.75) is 25.5 Å². The summed E-state index contributed by atoms with van der Waals surface area (Å²) in [7, 11) is 0. The van der Waals surface area contributed by atoms with Gasteiger partial charge in [-0.25, -0.2) is 9.37 Å². The number of carbonyl (C=O) groups excluding carboxylic acids is 1. The van der Waals surface area contributed by atoms with Crippen LogP contribution < -0.4 is 0 Å². The van der Waals surface area contributed by atoms with Gasteiger partial charge in [-0.15, -0.1) is 11.3 Å². The van der Waals surface area contributed by atoms with Crippen molar-refractivity contribution in [2.75, 3.05) is 13.2 Å². The Labute approximate surface area is 144 Å². The zero-order valence-corrected chi connectivity index (χ0v) is 14.0. The molecule has 1 saturated heterocycles.